The van der Waals surface area contributed by atoms with E-state index in [1.54, 1.807) is 0 Å². The second-order valence-electron chi connectivity index (χ2n) is 4.25. The number of hydrogen-bond donors (Lipinski definition) is 2. The summed E-state index contributed by atoms with van der Waals surface area (Å²) in [7, 11) is -4.14. The minimum absolute atomic E-state index is 0.00429. The van der Waals surface area contributed by atoms with Crippen LogP contribution in [0.2, 0.25) is 0 Å². The lowest BCUT2D eigenvalue weighted by Gasteiger charge is -2.16. The molecule has 1 aliphatic rings. The van der Waals surface area contributed by atoms with Gasteiger partial charge in [0.1, 0.15) is 4.90 Å². The number of pyridine rings is 1. The third-order valence-electron chi connectivity index (χ3n) is 3.03. The average molecular weight is 286 g/mol. The summed E-state index contributed by atoms with van der Waals surface area (Å²) in [6.07, 6.45) is 2.83. The van der Waals surface area contributed by atoms with Crippen molar-refractivity contribution in [3.8, 4) is 5.88 Å². The molecule has 0 aliphatic carbocycles. The first-order valence-electron chi connectivity index (χ1n) is 5.87. The Balaban J connectivity index is 2.42. The molecule has 104 valence electrons. The maximum absolute atomic E-state index is 12.3. The lowest BCUT2D eigenvalue weighted by Crippen LogP contribution is -2.34. The first-order chi connectivity index (χ1) is 8.96. The topological polar surface area (TPSA) is 100.0 Å². The van der Waals surface area contributed by atoms with Gasteiger partial charge in [0, 0.05) is 18.6 Å². The van der Waals surface area contributed by atoms with Crippen LogP contribution in [-0.2, 0) is 10.0 Å². The zero-order valence-corrected chi connectivity index (χ0v) is 11.3. The SMILES string of the molecule is COc1ncc(S(=O)(=O)N2CCCC2)cc1B(O)O. The van der Waals surface area contributed by atoms with Crippen LogP contribution in [0.15, 0.2) is 17.2 Å². The zero-order valence-electron chi connectivity index (χ0n) is 10.5. The molecule has 2 rings (SSSR count). The van der Waals surface area contributed by atoms with Gasteiger partial charge in [0.15, 0.2) is 0 Å². The lowest BCUT2D eigenvalue weighted by atomic mass is 9.81. The van der Waals surface area contributed by atoms with Gasteiger partial charge in [-0.1, -0.05) is 0 Å². The van der Waals surface area contributed by atoms with Crippen LogP contribution in [-0.4, -0.2) is 55.1 Å². The Hall–Kier alpha value is -1.16. The van der Waals surface area contributed by atoms with Crippen molar-refractivity contribution in [1.82, 2.24) is 9.29 Å². The number of rotatable bonds is 4. The summed E-state index contributed by atoms with van der Waals surface area (Å²) in [5.41, 5.74) is -0.0669. The number of sulfonamides is 1. The van der Waals surface area contributed by atoms with Gasteiger partial charge in [0.05, 0.1) is 13.3 Å². The van der Waals surface area contributed by atoms with Crippen molar-refractivity contribution in [2.45, 2.75) is 17.7 Å². The maximum Gasteiger partial charge on any atom is 0.494 e. The van der Waals surface area contributed by atoms with Gasteiger partial charge in [-0.25, -0.2) is 13.4 Å². The van der Waals surface area contributed by atoms with E-state index < -0.39 is 17.1 Å². The molecule has 0 atom stereocenters. The van der Waals surface area contributed by atoms with Gasteiger partial charge in [0.25, 0.3) is 0 Å². The monoisotopic (exact) mass is 286 g/mol. The second kappa shape index (κ2) is 5.45. The summed E-state index contributed by atoms with van der Waals surface area (Å²) in [6, 6.07) is 1.18. The third kappa shape index (κ3) is 2.73. The van der Waals surface area contributed by atoms with Crippen LogP contribution in [0.25, 0.3) is 0 Å². The standard InChI is InChI=1S/C10H15BN2O5S/c1-18-10-9(11(14)15)6-8(7-12-10)19(16,17)13-4-2-3-5-13/h6-7,14-15H,2-5H2,1H3. The molecule has 19 heavy (non-hydrogen) atoms. The van der Waals surface area contributed by atoms with E-state index in [-0.39, 0.29) is 16.2 Å². The summed E-state index contributed by atoms with van der Waals surface area (Å²) in [5, 5.41) is 18.4. The number of hydrogen-bond acceptors (Lipinski definition) is 6. The van der Waals surface area contributed by atoms with Crippen molar-refractivity contribution in [1.29, 1.82) is 0 Å². The van der Waals surface area contributed by atoms with Crippen molar-refractivity contribution in [3.63, 3.8) is 0 Å². The summed E-state index contributed by atoms with van der Waals surface area (Å²) in [5.74, 6) is -0.00429. The van der Waals surface area contributed by atoms with E-state index in [0.29, 0.717) is 13.1 Å². The summed E-state index contributed by atoms with van der Waals surface area (Å²) >= 11 is 0. The molecule has 2 N–H and O–H groups in total. The molecule has 7 nitrogen and oxygen atoms in total. The largest absolute Gasteiger partial charge is 0.494 e. The van der Waals surface area contributed by atoms with Gasteiger partial charge in [-0.05, 0) is 18.9 Å². The van der Waals surface area contributed by atoms with Crippen molar-refractivity contribution >= 4 is 22.6 Å². The van der Waals surface area contributed by atoms with E-state index in [0.717, 1.165) is 12.8 Å². The average Bonchev–Trinajstić information content (AvgIpc) is 2.92. The highest BCUT2D eigenvalue weighted by Gasteiger charge is 2.29. The first kappa shape index (κ1) is 14.3. The van der Waals surface area contributed by atoms with Crippen LogP contribution < -0.4 is 10.2 Å². The molecule has 1 aliphatic heterocycles. The van der Waals surface area contributed by atoms with E-state index in [2.05, 4.69) is 4.98 Å². The Kier molecular flexibility index (Phi) is 4.09. The molecular weight excluding hydrogens is 271 g/mol. The van der Waals surface area contributed by atoms with Crippen LogP contribution in [0.4, 0.5) is 0 Å². The molecule has 0 spiro atoms. The highest BCUT2D eigenvalue weighted by Crippen LogP contribution is 2.20. The quantitative estimate of drug-likeness (QED) is 0.657. The molecule has 9 heteroatoms. The smallest absolute Gasteiger partial charge is 0.481 e. The zero-order chi connectivity index (χ0) is 14.0. The molecule has 0 unspecified atom stereocenters. The Bertz CT molecular complexity index is 557. The predicted octanol–water partition coefficient (Wildman–Crippen LogP) is -1.45. The maximum atomic E-state index is 12.3. The molecular formula is C10H15BN2O5S. The Labute approximate surface area is 112 Å². The molecule has 0 aromatic carbocycles. The van der Waals surface area contributed by atoms with E-state index in [4.69, 9.17) is 4.74 Å². The number of ether oxygens (including phenoxy) is 1. The molecule has 1 fully saturated rings. The highest BCUT2D eigenvalue weighted by molar-refractivity contribution is 7.89. The molecule has 1 aromatic rings. The van der Waals surface area contributed by atoms with Gasteiger partial charge >= 0.3 is 7.12 Å². The summed E-state index contributed by atoms with van der Waals surface area (Å²) in [4.78, 5) is 3.75. The van der Waals surface area contributed by atoms with Gasteiger partial charge in [-0.3, -0.25) is 0 Å². The fraction of sp³-hybridized carbons (Fsp3) is 0.500. The van der Waals surface area contributed by atoms with Crippen LogP contribution >= 0.6 is 0 Å². The van der Waals surface area contributed by atoms with Crippen LogP contribution in [0.3, 0.4) is 0 Å². The van der Waals surface area contributed by atoms with Gasteiger partial charge in [-0.15, -0.1) is 0 Å². The summed E-state index contributed by atoms with van der Waals surface area (Å²) < 4.78 is 30.8. The number of nitrogens with zero attached hydrogens (tertiary/aromatic N) is 2. The molecule has 1 saturated heterocycles. The van der Waals surface area contributed by atoms with Crippen molar-refractivity contribution < 1.29 is 23.2 Å². The van der Waals surface area contributed by atoms with Gasteiger partial charge < -0.3 is 14.8 Å². The van der Waals surface area contributed by atoms with Crippen molar-refractivity contribution in [3.05, 3.63) is 12.3 Å². The van der Waals surface area contributed by atoms with E-state index in [1.807, 2.05) is 0 Å². The molecule has 0 radical (unpaired) electrons. The highest BCUT2D eigenvalue weighted by atomic mass is 32.2. The van der Waals surface area contributed by atoms with Crippen LogP contribution in [0, 0.1) is 0 Å². The summed E-state index contributed by atoms with van der Waals surface area (Å²) in [6.45, 7) is 0.955. The molecule has 2 heterocycles. The van der Waals surface area contributed by atoms with Gasteiger partial charge in [-0.2, -0.15) is 4.31 Å². The number of aromatic nitrogens is 1. The molecule has 0 saturated carbocycles. The molecule has 0 bridgehead atoms. The van der Waals surface area contributed by atoms with Gasteiger partial charge in [0.2, 0.25) is 15.9 Å². The van der Waals surface area contributed by atoms with Crippen molar-refractivity contribution in [2.75, 3.05) is 20.2 Å². The predicted molar refractivity (Wildman–Crippen MR) is 68.6 cm³/mol. The van der Waals surface area contributed by atoms with E-state index in [9.17, 15) is 18.5 Å². The van der Waals surface area contributed by atoms with E-state index >= 15 is 0 Å². The Morgan fingerprint density at radius 3 is 2.53 bits per heavy atom. The minimum atomic E-state index is -3.63. The fourth-order valence-electron chi connectivity index (χ4n) is 2.02. The second-order valence-corrected chi connectivity index (χ2v) is 6.19. The van der Waals surface area contributed by atoms with Crippen LogP contribution in [0.5, 0.6) is 5.88 Å². The Morgan fingerprint density at radius 2 is 2.00 bits per heavy atom. The lowest BCUT2D eigenvalue weighted by molar-refractivity contribution is 0.390. The Morgan fingerprint density at radius 1 is 1.37 bits per heavy atom. The fourth-order valence-corrected chi connectivity index (χ4v) is 3.52. The number of methoxy groups -OCH3 is 1. The third-order valence-corrected chi connectivity index (χ3v) is 4.89. The van der Waals surface area contributed by atoms with Crippen LogP contribution in [0.1, 0.15) is 12.8 Å². The first-order valence-corrected chi connectivity index (χ1v) is 7.31. The molecule has 1 aromatic heterocycles. The minimum Gasteiger partial charge on any atom is -0.481 e. The normalized spacial score (nSPS) is 16.6. The van der Waals surface area contributed by atoms with E-state index in [1.165, 1.54) is 23.7 Å². The van der Waals surface area contributed by atoms with Crippen molar-refractivity contribution in [2.24, 2.45) is 0 Å². The molecule has 0 amide bonds.